The molecule has 26 heavy (non-hydrogen) atoms. The maximum absolute atomic E-state index is 11.6. The number of fused-ring (bicyclic) bond motifs is 6. The van der Waals surface area contributed by atoms with Gasteiger partial charge >= 0.3 is 0 Å². The van der Waals surface area contributed by atoms with Crippen LogP contribution in [0.2, 0.25) is 0 Å². The van der Waals surface area contributed by atoms with E-state index in [2.05, 4.69) is 13.8 Å². The molecule has 0 amide bonds. The number of aliphatic hydroxyl groups is 1. The first-order chi connectivity index (χ1) is 12.4. The Bertz CT molecular complexity index is 599. The molecule has 5 rings (SSSR count). The lowest BCUT2D eigenvalue weighted by Crippen LogP contribution is -2.63. The van der Waals surface area contributed by atoms with Gasteiger partial charge in [0.05, 0.1) is 18.8 Å². The molecule has 4 saturated carbocycles. The van der Waals surface area contributed by atoms with E-state index >= 15 is 0 Å². The summed E-state index contributed by atoms with van der Waals surface area (Å²) < 4.78 is 12.4. The monoisotopic (exact) mass is 362 g/mol. The molecule has 146 valence electrons. The lowest BCUT2D eigenvalue weighted by Gasteiger charge is -2.64. The van der Waals surface area contributed by atoms with Crippen molar-refractivity contribution in [1.29, 1.82) is 0 Å². The van der Waals surface area contributed by atoms with Crippen LogP contribution in [-0.4, -0.2) is 36.0 Å². The summed E-state index contributed by atoms with van der Waals surface area (Å²) in [6.07, 6.45) is 10.2. The van der Waals surface area contributed by atoms with Crippen LogP contribution in [0.1, 0.15) is 71.6 Å². The molecule has 1 N–H and O–H groups in total. The summed E-state index contributed by atoms with van der Waals surface area (Å²) in [5.41, 5.74) is -0.567. The standard InChI is InChI=1S/C22H34O4/c1-19-7-3-15(14-23)13-21(19,24)9-4-16-17(19)5-8-20(2)18(16)6-10-22(20)25-11-12-26-22/h14-18,24H,3-13H2,1-2H3/t15-,16-,17+,18+,19-,20+,21-/m1/s1. The molecule has 4 aliphatic carbocycles. The Morgan fingerprint density at radius 2 is 1.54 bits per heavy atom. The molecule has 1 spiro atoms. The Hall–Kier alpha value is -0.450. The molecule has 7 atom stereocenters. The van der Waals surface area contributed by atoms with Crippen molar-refractivity contribution >= 4 is 6.29 Å². The van der Waals surface area contributed by atoms with Crippen LogP contribution in [0.25, 0.3) is 0 Å². The number of carbonyl (C=O) groups excluding carboxylic acids is 1. The van der Waals surface area contributed by atoms with E-state index < -0.39 is 5.60 Å². The summed E-state index contributed by atoms with van der Waals surface area (Å²) in [7, 11) is 0. The summed E-state index contributed by atoms with van der Waals surface area (Å²) in [6, 6.07) is 0. The SMILES string of the molecule is C[C@]12CC[C@H]3[C@@H](CC[C@@]4(O)C[C@H](C=O)CC[C@]34C)[C@@H]1CCC21OCCO1. The highest BCUT2D eigenvalue weighted by Crippen LogP contribution is 2.70. The third-order valence-corrected chi connectivity index (χ3v) is 9.83. The zero-order chi connectivity index (χ0) is 18.2. The average molecular weight is 363 g/mol. The second kappa shape index (κ2) is 5.55. The molecule has 0 unspecified atom stereocenters. The van der Waals surface area contributed by atoms with Crippen LogP contribution in [0.15, 0.2) is 0 Å². The molecule has 4 heteroatoms. The van der Waals surface area contributed by atoms with Gasteiger partial charge in [-0.2, -0.15) is 0 Å². The number of hydrogen-bond acceptors (Lipinski definition) is 4. The Morgan fingerprint density at radius 3 is 2.27 bits per heavy atom. The van der Waals surface area contributed by atoms with Crippen molar-refractivity contribution in [1.82, 2.24) is 0 Å². The number of ether oxygens (including phenoxy) is 2. The minimum atomic E-state index is -0.650. The molecule has 0 aromatic heterocycles. The second-order valence-electron chi connectivity index (χ2n) is 10.4. The maximum atomic E-state index is 11.6. The van der Waals surface area contributed by atoms with E-state index in [0.29, 0.717) is 24.2 Å². The zero-order valence-electron chi connectivity index (χ0n) is 16.3. The van der Waals surface area contributed by atoms with Gasteiger partial charge in [-0.15, -0.1) is 0 Å². The van der Waals surface area contributed by atoms with Gasteiger partial charge in [-0.05, 0) is 74.5 Å². The first-order valence-electron chi connectivity index (χ1n) is 10.8. The van der Waals surface area contributed by atoms with Gasteiger partial charge in [0.25, 0.3) is 0 Å². The van der Waals surface area contributed by atoms with Crippen LogP contribution < -0.4 is 0 Å². The topological polar surface area (TPSA) is 55.8 Å². The van der Waals surface area contributed by atoms with Crippen molar-refractivity contribution in [3.63, 3.8) is 0 Å². The molecule has 0 aromatic rings. The van der Waals surface area contributed by atoms with Crippen molar-refractivity contribution in [3.05, 3.63) is 0 Å². The largest absolute Gasteiger partial charge is 0.389 e. The molecule has 0 bridgehead atoms. The highest BCUT2D eigenvalue weighted by molar-refractivity contribution is 5.54. The summed E-state index contributed by atoms with van der Waals surface area (Å²) in [6.45, 7) is 6.22. The molecular weight excluding hydrogens is 328 g/mol. The van der Waals surface area contributed by atoms with E-state index in [9.17, 15) is 9.90 Å². The van der Waals surface area contributed by atoms with Gasteiger partial charge in [-0.3, -0.25) is 0 Å². The third-order valence-electron chi connectivity index (χ3n) is 9.83. The van der Waals surface area contributed by atoms with Gasteiger partial charge in [0.15, 0.2) is 5.79 Å². The van der Waals surface area contributed by atoms with Crippen LogP contribution in [0.5, 0.6) is 0 Å². The van der Waals surface area contributed by atoms with Crippen molar-refractivity contribution in [2.24, 2.45) is 34.5 Å². The van der Waals surface area contributed by atoms with E-state index in [1.54, 1.807) is 0 Å². The third kappa shape index (κ3) is 1.99. The van der Waals surface area contributed by atoms with Crippen LogP contribution in [0.3, 0.4) is 0 Å². The molecule has 1 heterocycles. The van der Waals surface area contributed by atoms with Crippen molar-refractivity contribution in [2.75, 3.05) is 13.2 Å². The van der Waals surface area contributed by atoms with Crippen LogP contribution >= 0.6 is 0 Å². The van der Waals surface area contributed by atoms with Gasteiger partial charge < -0.3 is 19.4 Å². The van der Waals surface area contributed by atoms with Crippen LogP contribution in [0.4, 0.5) is 0 Å². The number of carbonyl (C=O) groups is 1. The molecule has 4 nitrogen and oxygen atoms in total. The quantitative estimate of drug-likeness (QED) is 0.723. The van der Waals surface area contributed by atoms with Crippen molar-refractivity contribution < 1.29 is 19.4 Å². The number of aldehydes is 1. The zero-order valence-corrected chi connectivity index (χ0v) is 16.3. The van der Waals surface area contributed by atoms with Gasteiger partial charge in [0.1, 0.15) is 6.29 Å². The molecule has 1 aliphatic heterocycles. The smallest absolute Gasteiger partial charge is 0.174 e. The summed E-state index contributed by atoms with van der Waals surface area (Å²) in [4.78, 5) is 11.4. The number of rotatable bonds is 1. The van der Waals surface area contributed by atoms with E-state index in [1.165, 1.54) is 6.42 Å². The van der Waals surface area contributed by atoms with E-state index in [1.807, 2.05) is 0 Å². The molecule has 1 saturated heterocycles. The van der Waals surface area contributed by atoms with Crippen LogP contribution in [0, 0.1) is 34.5 Å². The fraction of sp³-hybridized carbons (Fsp3) is 0.955. The predicted octanol–water partition coefficient (Wildman–Crippen LogP) is 3.70. The Balaban J connectivity index is 1.46. The first kappa shape index (κ1) is 17.6. The lowest BCUT2D eigenvalue weighted by atomic mass is 9.43. The fourth-order valence-corrected chi connectivity index (χ4v) is 8.29. The van der Waals surface area contributed by atoms with E-state index in [4.69, 9.17) is 9.47 Å². The van der Waals surface area contributed by atoms with Gasteiger partial charge in [0.2, 0.25) is 0 Å². The van der Waals surface area contributed by atoms with Gasteiger partial charge in [0, 0.05) is 17.8 Å². The molecule has 5 aliphatic rings. The summed E-state index contributed by atoms with van der Waals surface area (Å²) in [5, 5.41) is 11.6. The maximum Gasteiger partial charge on any atom is 0.174 e. The molecule has 5 fully saturated rings. The molecular formula is C22H34O4. The molecule has 0 aromatic carbocycles. The van der Waals surface area contributed by atoms with Gasteiger partial charge in [-0.25, -0.2) is 0 Å². The Morgan fingerprint density at radius 1 is 0.885 bits per heavy atom. The Kier molecular flexibility index (Phi) is 3.76. The van der Waals surface area contributed by atoms with E-state index in [0.717, 1.165) is 64.4 Å². The highest BCUT2D eigenvalue weighted by atomic mass is 16.7. The van der Waals surface area contributed by atoms with E-state index in [-0.39, 0.29) is 22.5 Å². The van der Waals surface area contributed by atoms with Crippen molar-refractivity contribution in [2.45, 2.75) is 83.0 Å². The summed E-state index contributed by atoms with van der Waals surface area (Å²) >= 11 is 0. The second-order valence-corrected chi connectivity index (χ2v) is 10.4. The minimum absolute atomic E-state index is 0.0378. The predicted molar refractivity (Wildman–Crippen MR) is 97.4 cm³/mol. The van der Waals surface area contributed by atoms with Gasteiger partial charge in [-0.1, -0.05) is 13.8 Å². The minimum Gasteiger partial charge on any atom is -0.389 e. The fourth-order valence-electron chi connectivity index (χ4n) is 8.29. The lowest BCUT2D eigenvalue weighted by molar-refractivity contribution is -0.260. The average Bonchev–Trinajstić information content (AvgIpc) is 3.22. The molecule has 0 radical (unpaired) electrons. The van der Waals surface area contributed by atoms with Crippen molar-refractivity contribution in [3.8, 4) is 0 Å². The first-order valence-corrected chi connectivity index (χ1v) is 10.8. The van der Waals surface area contributed by atoms with Crippen LogP contribution in [-0.2, 0) is 14.3 Å². The normalized spacial score (nSPS) is 55.2. The number of hydrogen-bond donors (Lipinski definition) is 1. The highest BCUT2D eigenvalue weighted by Gasteiger charge is 2.69. The summed E-state index contributed by atoms with van der Waals surface area (Å²) in [5.74, 6) is 1.59. The Labute approximate surface area is 157 Å².